The minimum Gasteiger partial charge on any atom is -0.497 e. The van der Waals surface area contributed by atoms with Gasteiger partial charge in [0.15, 0.2) is 5.60 Å². The number of carbonyl (C=O) groups excluding carboxylic acids is 4. The minimum absolute atomic E-state index is 0.0286. The van der Waals surface area contributed by atoms with Gasteiger partial charge in [-0.1, -0.05) is 19.1 Å². The van der Waals surface area contributed by atoms with Crippen LogP contribution in [0.4, 0.5) is 13.6 Å². The number of alkyl halides is 2. The van der Waals surface area contributed by atoms with Crippen LogP contribution in [0.1, 0.15) is 86.5 Å². The second kappa shape index (κ2) is 17.8. The predicted molar refractivity (Wildman–Crippen MR) is 223 cm³/mol. The molecule has 19 heteroatoms. The van der Waals surface area contributed by atoms with Gasteiger partial charge in [-0.05, 0) is 90.3 Å². The highest BCUT2D eigenvalue weighted by atomic mass is 32.2. The maximum absolute atomic E-state index is 15.1. The van der Waals surface area contributed by atoms with Crippen molar-refractivity contribution in [3.63, 3.8) is 0 Å². The number of fused-ring (bicyclic) bond motifs is 3. The molecule has 0 spiro atoms. The Morgan fingerprint density at radius 3 is 2.47 bits per heavy atom. The third-order valence-corrected chi connectivity index (χ3v) is 14.9. The van der Waals surface area contributed by atoms with Gasteiger partial charge in [0.25, 0.3) is 11.8 Å². The van der Waals surface area contributed by atoms with E-state index in [1.54, 1.807) is 31.2 Å². The van der Waals surface area contributed by atoms with Crippen LogP contribution in [0.5, 0.6) is 17.4 Å². The van der Waals surface area contributed by atoms with E-state index in [4.69, 9.17) is 23.7 Å². The molecule has 62 heavy (non-hydrogen) atoms. The van der Waals surface area contributed by atoms with Gasteiger partial charge in [0, 0.05) is 43.1 Å². The highest BCUT2D eigenvalue weighted by molar-refractivity contribution is 7.91. The molecule has 0 radical (unpaired) electrons. The van der Waals surface area contributed by atoms with Gasteiger partial charge in [-0.15, -0.1) is 0 Å². The molecule has 3 N–H and O–H groups in total. The highest BCUT2D eigenvalue weighted by Crippen LogP contribution is 2.48. The number of amides is 4. The fourth-order valence-corrected chi connectivity index (χ4v) is 9.40. The minimum atomic E-state index is -4.08. The van der Waals surface area contributed by atoms with Crippen molar-refractivity contribution in [1.82, 2.24) is 25.2 Å². The van der Waals surface area contributed by atoms with Crippen LogP contribution in [-0.4, -0.2) is 116 Å². The Bertz CT molecular complexity index is 2180. The SMILES string of the molecule is CCOc1cnc(O[C@@H]2C[C@H]3C(=O)N[C@]4(C(=O)NS(=O)(=O)C5(C)CC5)C[C@H]4/C=C\CC[C@@H](C)C[C@@H](COC)[C@H](NC(=O)OC(C)(C)C(C)(F)F)C(=O)N3C2)c2ccc(OC)cc12. The number of rotatable bonds is 13. The molecule has 342 valence electrons. The summed E-state index contributed by atoms with van der Waals surface area (Å²) in [5.74, 6) is -5.98. The van der Waals surface area contributed by atoms with Gasteiger partial charge >= 0.3 is 6.09 Å². The number of halogens is 2. The predicted octanol–water partition coefficient (Wildman–Crippen LogP) is 5.03. The number of hydrogen-bond acceptors (Lipinski definition) is 12. The number of hydrogen-bond donors (Lipinski definition) is 3. The van der Waals surface area contributed by atoms with E-state index in [0.29, 0.717) is 67.9 Å². The van der Waals surface area contributed by atoms with E-state index in [-0.39, 0.29) is 37.8 Å². The largest absolute Gasteiger partial charge is 0.497 e. The first-order valence-corrected chi connectivity index (χ1v) is 22.5. The first-order chi connectivity index (χ1) is 29.1. The zero-order valence-corrected chi connectivity index (χ0v) is 37.4. The van der Waals surface area contributed by atoms with E-state index in [9.17, 15) is 31.6 Å². The van der Waals surface area contributed by atoms with Crippen LogP contribution >= 0.6 is 0 Å². The second-order valence-electron chi connectivity index (χ2n) is 17.9. The lowest BCUT2D eigenvalue weighted by molar-refractivity contribution is -0.152. The first-order valence-electron chi connectivity index (χ1n) is 21.1. The lowest BCUT2D eigenvalue weighted by Crippen LogP contribution is -2.60. The van der Waals surface area contributed by atoms with Gasteiger partial charge in [0.2, 0.25) is 27.7 Å². The Labute approximate surface area is 361 Å². The summed E-state index contributed by atoms with van der Waals surface area (Å²) < 4.78 is 85.3. The molecule has 7 atom stereocenters. The highest BCUT2D eigenvalue weighted by Gasteiger charge is 2.63. The third kappa shape index (κ3) is 9.72. The van der Waals surface area contributed by atoms with Crippen molar-refractivity contribution in [2.24, 2.45) is 17.8 Å². The number of allylic oxidation sites excluding steroid dienone is 1. The number of aromatic nitrogens is 1. The van der Waals surface area contributed by atoms with Crippen LogP contribution in [0.2, 0.25) is 0 Å². The molecule has 4 amide bonds. The average molecular weight is 892 g/mol. The number of pyridine rings is 1. The molecule has 2 saturated carbocycles. The molecule has 1 aromatic heterocycles. The third-order valence-electron chi connectivity index (χ3n) is 12.7. The van der Waals surface area contributed by atoms with Gasteiger partial charge < -0.3 is 39.2 Å². The number of benzene rings is 1. The number of ether oxygens (including phenoxy) is 5. The average Bonchev–Trinajstić information content (AvgIpc) is 4.08. The first kappa shape index (κ1) is 46.7. The van der Waals surface area contributed by atoms with E-state index >= 15 is 4.79 Å². The summed E-state index contributed by atoms with van der Waals surface area (Å²) in [6.07, 6.45) is 5.27. The zero-order valence-electron chi connectivity index (χ0n) is 36.5. The van der Waals surface area contributed by atoms with Crippen LogP contribution in [0.25, 0.3) is 10.8 Å². The van der Waals surface area contributed by atoms with E-state index in [1.165, 1.54) is 25.3 Å². The molecule has 1 aromatic carbocycles. The second-order valence-corrected chi connectivity index (χ2v) is 20.1. The van der Waals surface area contributed by atoms with E-state index < -0.39 is 85.7 Å². The van der Waals surface area contributed by atoms with Gasteiger partial charge in [0.1, 0.15) is 35.2 Å². The molecule has 4 aliphatic rings. The van der Waals surface area contributed by atoms with Crippen molar-refractivity contribution in [3.05, 3.63) is 36.5 Å². The van der Waals surface area contributed by atoms with Crippen molar-refractivity contribution in [2.75, 3.05) is 34.0 Å². The summed E-state index contributed by atoms with van der Waals surface area (Å²) in [7, 11) is -1.12. The molecular weight excluding hydrogens is 833 g/mol. The Hall–Kier alpha value is -4.78. The molecule has 3 heterocycles. The van der Waals surface area contributed by atoms with E-state index in [0.717, 1.165) is 13.8 Å². The van der Waals surface area contributed by atoms with Crippen molar-refractivity contribution in [2.45, 2.75) is 126 Å². The molecule has 1 saturated heterocycles. The van der Waals surface area contributed by atoms with Crippen molar-refractivity contribution >= 4 is 44.6 Å². The van der Waals surface area contributed by atoms with Gasteiger partial charge in [-0.2, -0.15) is 0 Å². The van der Waals surface area contributed by atoms with Crippen LogP contribution in [0.15, 0.2) is 36.5 Å². The lowest BCUT2D eigenvalue weighted by Gasteiger charge is -2.35. The standard InChI is InChI=1S/C43H59F2N5O11S/c1-9-59-33-22-46-36(30-15-14-28(58-8)19-31(30)33)60-29-20-32-35(51)48-43(38(53)49-62(55,56)41(5)16-17-41)21-27(43)13-11-10-12-25(2)18-26(24-57-7)34(37(52)50(32)23-29)47-39(54)61-40(3,4)42(6,44)45/h11,13-15,19,22,25-27,29,32,34H,9-10,12,16-18,20-21,23-24H2,1-8H3,(H,47,54)(H,48,51)(H,49,53)/b13-11-/t25-,26+,27-,29-,32+,34+,43-/m1/s1. The number of sulfonamides is 1. The summed E-state index contributed by atoms with van der Waals surface area (Å²) in [6, 6.07) is 2.47. The fourth-order valence-electron chi connectivity index (χ4n) is 8.09. The van der Waals surface area contributed by atoms with Crippen molar-refractivity contribution in [1.29, 1.82) is 0 Å². The molecule has 0 unspecified atom stereocenters. The molecule has 0 bridgehead atoms. The van der Waals surface area contributed by atoms with Gasteiger partial charge in [-0.3, -0.25) is 19.1 Å². The number of nitrogens with zero attached hydrogens (tertiary/aromatic N) is 2. The van der Waals surface area contributed by atoms with E-state index in [1.807, 2.05) is 19.9 Å². The summed E-state index contributed by atoms with van der Waals surface area (Å²) in [4.78, 5) is 63.1. The topological polar surface area (TPSA) is 201 Å². The zero-order chi connectivity index (χ0) is 45.4. The summed E-state index contributed by atoms with van der Waals surface area (Å²) in [5.41, 5.74) is -3.91. The number of methoxy groups -OCH3 is 2. The maximum atomic E-state index is 15.1. The Morgan fingerprint density at radius 1 is 1.10 bits per heavy atom. The van der Waals surface area contributed by atoms with Crippen LogP contribution in [0, 0.1) is 17.8 Å². The fraction of sp³-hybridized carbons (Fsp3) is 0.651. The number of nitrogens with one attached hydrogen (secondary N) is 3. The van der Waals surface area contributed by atoms with Crippen LogP contribution < -0.4 is 29.6 Å². The van der Waals surface area contributed by atoms with Crippen molar-refractivity contribution in [3.8, 4) is 17.4 Å². The molecule has 2 aromatic rings. The van der Waals surface area contributed by atoms with Crippen LogP contribution in [0.3, 0.4) is 0 Å². The normalized spacial score (nSPS) is 28.3. The molecular formula is C43H59F2N5O11S. The Balaban J connectivity index is 1.39. The molecule has 2 aliphatic heterocycles. The lowest BCUT2D eigenvalue weighted by atomic mass is 9.87. The Morgan fingerprint density at radius 2 is 1.82 bits per heavy atom. The summed E-state index contributed by atoms with van der Waals surface area (Å²) in [5, 5.41) is 6.58. The monoisotopic (exact) mass is 891 g/mol. The summed E-state index contributed by atoms with van der Waals surface area (Å²) >= 11 is 0. The quantitative estimate of drug-likeness (QED) is 0.227. The van der Waals surface area contributed by atoms with Gasteiger partial charge in [-0.25, -0.2) is 27.0 Å². The molecule has 6 rings (SSSR count). The Kier molecular flexibility index (Phi) is 13.4. The molecule has 3 fully saturated rings. The smallest absolute Gasteiger partial charge is 0.408 e. The summed E-state index contributed by atoms with van der Waals surface area (Å²) in [6.45, 7) is 8.19. The van der Waals surface area contributed by atoms with Crippen molar-refractivity contribution < 1.29 is 60.1 Å². The van der Waals surface area contributed by atoms with Gasteiger partial charge in [0.05, 0.1) is 37.8 Å². The molecule has 2 aliphatic carbocycles. The van der Waals surface area contributed by atoms with E-state index in [2.05, 4.69) is 20.3 Å². The number of alkyl carbamates (subject to hydrolysis) is 1. The number of carbonyl (C=O) groups is 4. The molecule has 16 nitrogen and oxygen atoms in total. The maximum Gasteiger partial charge on any atom is 0.408 e. The van der Waals surface area contributed by atoms with Crippen LogP contribution in [-0.2, 0) is 33.9 Å².